The normalized spacial score (nSPS) is 11.8. The summed E-state index contributed by atoms with van der Waals surface area (Å²) in [6, 6.07) is 1.40. The zero-order valence-corrected chi connectivity index (χ0v) is 13.0. The summed E-state index contributed by atoms with van der Waals surface area (Å²) in [7, 11) is -3.14. The van der Waals surface area contributed by atoms with Crippen LogP contribution in [0.1, 0.15) is 26.1 Å². The Labute approximate surface area is 119 Å². The molecule has 1 rings (SSSR count). The number of hydrogen-bond donors (Lipinski definition) is 2. The van der Waals surface area contributed by atoms with Crippen molar-refractivity contribution >= 4 is 15.8 Å². The Kier molecular flexibility index (Phi) is 6.15. The van der Waals surface area contributed by atoms with Gasteiger partial charge in [0.2, 0.25) is 10.0 Å². The highest BCUT2D eigenvalue weighted by Gasteiger charge is 2.13. The van der Waals surface area contributed by atoms with Crippen molar-refractivity contribution in [2.24, 2.45) is 0 Å². The van der Waals surface area contributed by atoms with Gasteiger partial charge in [0.15, 0.2) is 0 Å². The van der Waals surface area contributed by atoms with Crippen molar-refractivity contribution in [1.82, 2.24) is 14.3 Å². The Morgan fingerprint density at radius 2 is 2.10 bits per heavy atom. The van der Waals surface area contributed by atoms with Crippen LogP contribution in [-0.2, 0) is 16.4 Å². The second-order valence-electron chi connectivity index (χ2n) is 4.47. The molecule has 114 valence electrons. The third kappa shape index (κ3) is 5.30. The molecule has 0 amide bonds. The van der Waals surface area contributed by atoms with Crippen molar-refractivity contribution in [3.05, 3.63) is 22.2 Å². The lowest BCUT2D eigenvalue weighted by atomic mass is 10.4. The highest BCUT2D eigenvalue weighted by molar-refractivity contribution is 7.88. The molecule has 0 fully saturated rings. The monoisotopic (exact) mass is 302 g/mol. The first kappa shape index (κ1) is 16.6. The van der Waals surface area contributed by atoms with E-state index < -0.39 is 10.0 Å². The van der Waals surface area contributed by atoms with Crippen LogP contribution in [0.3, 0.4) is 0 Å². The molecule has 0 unspecified atom stereocenters. The van der Waals surface area contributed by atoms with E-state index in [4.69, 9.17) is 0 Å². The summed E-state index contributed by atoms with van der Waals surface area (Å²) >= 11 is 0. The van der Waals surface area contributed by atoms with Gasteiger partial charge in [-0.2, -0.15) is 0 Å². The fraction of sp³-hybridized carbons (Fsp3) is 0.667. The number of hydrogen-bond acceptors (Lipinski definition) is 5. The van der Waals surface area contributed by atoms with E-state index in [9.17, 15) is 13.2 Å². The topological polar surface area (TPSA) is 95.2 Å². The minimum absolute atomic E-state index is 0.189. The van der Waals surface area contributed by atoms with Crippen molar-refractivity contribution < 1.29 is 8.42 Å². The predicted molar refractivity (Wildman–Crippen MR) is 79.4 cm³/mol. The van der Waals surface area contributed by atoms with Crippen molar-refractivity contribution in [2.45, 2.75) is 26.7 Å². The molecule has 0 aliphatic rings. The van der Waals surface area contributed by atoms with Gasteiger partial charge < -0.3 is 10.3 Å². The van der Waals surface area contributed by atoms with Crippen LogP contribution in [0.15, 0.2) is 10.9 Å². The quantitative estimate of drug-likeness (QED) is 0.678. The summed E-state index contributed by atoms with van der Waals surface area (Å²) in [6.07, 6.45) is 2.51. The first-order valence-corrected chi connectivity index (χ1v) is 8.50. The average molecular weight is 302 g/mol. The Balaban J connectivity index is 2.49. The van der Waals surface area contributed by atoms with E-state index in [0.717, 1.165) is 0 Å². The smallest absolute Gasteiger partial charge is 0.252 e. The van der Waals surface area contributed by atoms with E-state index in [1.807, 2.05) is 6.92 Å². The number of anilines is 1. The van der Waals surface area contributed by atoms with Crippen LogP contribution in [0.5, 0.6) is 0 Å². The van der Waals surface area contributed by atoms with E-state index in [1.54, 1.807) is 6.92 Å². The summed E-state index contributed by atoms with van der Waals surface area (Å²) in [6.45, 7) is 5.19. The lowest BCUT2D eigenvalue weighted by molar-refractivity contribution is 0.428. The second kappa shape index (κ2) is 7.39. The number of H-pyrrole nitrogens is 1. The number of nitrogens with one attached hydrogen (secondary N) is 2. The first-order valence-electron chi connectivity index (χ1n) is 6.66. The molecule has 2 N–H and O–H groups in total. The van der Waals surface area contributed by atoms with E-state index in [2.05, 4.69) is 15.3 Å². The van der Waals surface area contributed by atoms with Crippen molar-refractivity contribution in [2.75, 3.05) is 31.2 Å². The van der Waals surface area contributed by atoms with Crippen LogP contribution in [0.4, 0.5) is 5.82 Å². The fourth-order valence-electron chi connectivity index (χ4n) is 1.80. The van der Waals surface area contributed by atoms with Crippen LogP contribution >= 0.6 is 0 Å². The van der Waals surface area contributed by atoms with Crippen LogP contribution in [0.2, 0.25) is 0 Å². The molecular weight excluding hydrogens is 280 g/mol. The maximum atomic E-state index is 11.4. The number of aryl methyl sites for hydroxylation is 1. The molecule has 0 aliphatic heterocycles. The molecule has 0 atom stereocenters. The molecule has 0 aliphatic carbocycles. The summed E-state index contributed by atoms with van der Waals surface area (Å²) in [5.41, 5.74) is -0.189. The van der Waals surface area contributed by atoms with E-state index in [-0.39, 0.29) is 5.56 Å². The van der Waals surface area contributed by atoms with Crippen LogP contribution in [0.25, 0.3) is 0 Å². The van der Waals surface area contributed by atoms with E-state index in [0.29, 0.717) is 44.1 Å². The molecule has 1 heterocycles. The molecule has 7 nitrogen and oxygen atoms in total. The van der Waals surface area contributed by atoms with Crippen molar-refractivity contribution in [1.29, 1.82) is 0 Å². The molecule has 8 heteroatoms. The van der Waals surface area contributed by atoms with Crippen molar-refractivity contribution in [3.8, 4) is 0 Å². The van der Waals surface area contributed by atoms with Gasteiger partial charge in [0.1, 0.15) is 11.6 Å². The Morgan fingerprint density at radius 1 is 1.40 bits per heavy atom. The Morgan fingerprint density at radius 3 is 2.65 bits per heavy atom. The highest BCUT2D eigenvalue weighted by Crippen LogP contribution is 2.02. The van der Waals surface area contributed by atoms with Gasteiger partial charge in [0, 0.05) is 32.1 Å². The third-order valence-electron chi connectivity index (χ3n) is 2.84. The fourth-order valence-corrected chi connectivity index (χ4v) is 2.73. The maximum absolute atomic E-state index is 11.4. The van der Waals surface area contributed by atoms with Gasteiger partial charge in [-0.05, 0) is 6.42 Å². The predicted octanol–water partition coefficient (Wildman–Crippen LogP) is 0.416. The van der Waals surface area contributed by atoms with Crippen LogP contribution in [0, 0.1) is 0 Å². The lowest BCUT2D eigenvalue weighted by Crippen LogP contribution is -2.31. The summed E-state index contributed by atoms with van der Waals surface area (Å²) in [4.78, 5) is 18.2. The standard InChI is InChI=1S/C12H22N4O3S/c1-4-10-14-11(9-12(17)15-10)13-7-6-8-16(5-2)20(3,18)19/h9H,4-8H2,1-3H3,(H2,13,14,15,17). The minimum Gasteiger partial charge on any atom is -0.370 e. The molecule has 0 radical (unpaired) electrons. The molecule has 20 heavy (non-hydrogen) atoms. The molecule has 1 aromatic heterocycles. The lowest BCUT2D eigenvalue weighted by Gasteiger charge is -2.17. The Bertz CT molecular complexity index is 583. The van der Waals surface area contributed by atoms with E-state index >= 15 is 0 Å². The molecule has 1 aromatic rings. The second-order valence-corrected chi connectivity index (χ2v) is 6.45. The Hall–Kier alpha value is -1.41. The largest absolute Gasteiger partial charge is 0.370 e. The van der Waals surface area contributed by atoms with Gasteiger partial charge in [0.05, 0.1) is 6.26 Å². The zero-order valence-electron chi connectivity index (χ0n) is 12.1. The van der Waals surface area contributed by atoms with E-state index in [1.165, 1.54) is 16.6 Å². The molecule has 0 saturated heterocycles. The molecule has 0 aromatic carbocycles. The molecule has 0 bridgehead atoms. The number of aromatic nitrogens is 2. The SMILES string of the molecule is CCc1nc(NCCCN(CC)S(C)(=O)=O)cc(=O)[nH]1. The van der Waals surface area contributed by atoms with Gasteiger partial charge in [-0.15, -0.1) is 0 Å². The maximum Gasteiger partial charge on any atom is 0.252 e. The highest BCUT2D eigenvalue weighted by atomic mass is 32.2. The molecule has 0 saturated carbocycles. The summed E-state index contributed by atoms with van der Waals surface area (Å²) in [5, 5.41) is 3.04. The van der Waals surface area contributed by atoms with Gasteiger partial charge >= 0.3 is 0 Å². The molecular formula is C12H22N4O3S. The average Bonchev–Trinajstić information content (AvgIpc) is 2.36. The summed E-state index contributed by atoms with van der Waals surface area (Å²) in [5.74, 6) is 1.15. The number of nitrogens with zero attached hydrogens (tertiary/aromatic N) is 2. The summed E-state index contributed by atoms with van der Waals surface area (Å²) < 4.78 is 24.2. The molecule has 0 spiro atoms. The van der Waals surface area contributed by atoms with Crippen LogP contribution in [-0.4, -0.2) is 48.6 Å². The van der Waals surface area contributed by atoms with Gasteiger partial charge in [-0.25, -0.2) is 17.7 Å². The first-order chi connectivity index (χ1) is 9.36. The van der Waals surface area contributed by atoms with Crippen LogP contribution < -0.4 is 10.9 Å². The van der Waals surface area contributed by atoms with Gasteiger partial charge in [0.25, 0.3) is 5.56 Å². The number of rotatable bonds is 8. The van der Waals surface area contributed by atoms with Gasteiger partial charge in [-0.1, -0.05) is 13.8 Å². The zero-order chi connectivity index (χ0) is 15.2. The number of sulfonamides is 1. The minimum atomic E-state index is -3.14. The van der Waals surface area contributed by atoms with Crippen molar-refractivity contribution in [3.63, 3.8) is 0 Å². The van der Waals surface area contributed by atoms with Gasteiger partial charge in [-0.3, -0.25) is 4.79 Å². The number of aromatic amines is 1. The third-order valence-corrected chi connectivity index (χ3v) is 4.22.